The smallest absolute Gasteiger partial charge is 0.313 e. The van der Waals surface area contributed by atoms with E-state index in [-0.39, 0.29) is 18.1 Å². The van der Waals surface area contributed by atoms with E-state index in [2.05, 4.69) is 11.3 Å². The van der Waals surface area contributed by atoms with Crippen molar-refractivity contribution in [3.05, 3.63) is 12.2 Å². The second-order valence-corrected chi connectivity index (χ2v) is 3.24. The molecule has 0 bridgehead atoms. The molecule has 0 aliphatic rings. The van der Waals surface area contributed by atoms with Crippen LogP contribution in [0.3, 0.4) is 0 Å². The molecule has 14 heavy (non-hydrogen) atoms. The van der Waals surface area contributed by atoms with E-state index >= 15 is 0 Å². The van der Waals surface area contributed by atoms with Crippen LogP contribution in [-0.2, 0) is 14.3 Å². The molecule has 0 aromatic carbocycles. The van der Waals surface area contributed by atoms with Gasteiger partial charge in [0.25, 0.3) is 0 Å². The van der Waals surface area contributed by atoms with Crippen LogP contribution in [0.15, 0.2) is 12.2 Å². The summed E-state index contributed by atoms with van der Waals surface area (Å²) in [5, 5.41) is 6.93. The number of carbonyl (C=O) groups excluding carboxylic acids is 2. The molecule has 0 aliphatic heterocycles. The topological polar surface area (TPSA) is 67.2 Å². The van der Waals surface area contributed by atoms with Crippen molar-refractivity contribution < 1.29 is 14.3 Å². The van der Waals surface area contributed by atoms with E-state index in [9.17, 15) is 9.59 Å². The lowest BCUT2D eigenvalue weighted by Crippen LogP contribution is -2.19. The number of esters is 1. The molecule has 78 valence electrons. The molecular formula is C10H15NO3. The first-order valence-electron chi connectivity index (χ1n) is 4.26. The van der Waals surface area contributed by atoms with Gasteiger partial charge in [0.15, 0.2) is 5.90 Å². The van der Waals surface area contributed by atoms with Gasteiger partial charge in [-0.05, 0) is 13.8 Å². The summed E-state index contributed by atoms with van der Waals surface area (Å²) < 4.78 is 4.53. The highest BCUT2D eigenvalue weighted by molar-refractivity contribution is 5.90. The number of allylic oxidation sites excluding steroid dienone is 1. The van der Waals surface area contributed by atoms with E-state index in [0.29, 0.717) is 5.57 Å². The Balaban J connectivity index is 4.31. The molecule has 0 heterocycles. The molecule has 0 saturated carbocycles. The highest BCUT2D eigenvalue weighted by Crippen LogP contribution is 2.14. The van der Waals surface area contributed by atoms with Gasteiger partial charge in [-0.15, -0.1) is 0 Å². The summed E-state index contributed by atoms with van der Waals surface area (Å²) in [5.41, 5.74) is 0.636. The summed E-state index contributed by atoms with van der Waals surface area (Å²) in [6.45, 7) is 8.09. The van der Waals surface area contributed by atoms with Gasteiger partial charge in [0.2, 0.25) is 0 Å². The average molecular weight is 197 g/mol. The lowest BCUT2D eigenvalue weighted by Gasteiger charge is -2.11. The zero-order chi connectivity index (χ0) is 11.3. The third kappa shape index (κ3) is 4.54. The number of ether oxygens (including phenoxy) is 1. The van der Waals surface area contributed by atoms with Gasteiger partial charge < -0.3 is 4.74 Å². The minimum absolute atomic E-state index is 0.0408. The molecule has 0 aromatic rings. The first kappa shape index (κ1) is 12.6. The van der Waals surface area contributed by atoms with Gasteiger partial charge in [-0.1, -0.05) is 12.2 Å². The van der Waals surface area contributed by atoms with Crippen molar-refractivity contribution >= 4 is 17.7 Å². The Morgan fingerprint density at radius 2 is 1.86 bits per heavy atom. The van der Waals surface area contributed by atoms with Crippen LogP contribution >= 0.6 is 0 Å². The van der Waals surface area contributed by atoms with Crippen molar-refractivity contribution in [2.24, 2.45) is 5.92 Å². The number of nitrogens with one attached hydrogen (secondary N) is 1. The van der Waals surface area contributed by atoms with Crippen LogP contribution in [0.25, 0.3) is 0 Å². The van der Waals surface area contributed by atoms with Gasteiger partial charge in [-0.2, -0.15) is 0 Å². The predicted octanol–water partition coefficient (Wildman–Crippen LogP) is 1.70. The normalized spacial score (nSPS) is 11.6. The standard InChI is InChI=1S/C10H15NO3/c1-6(2)9(7(3)12)5-10(13)14-8(4)11/h9,11H,1,5H2,2-4H3. The van der Waals surface area contributed by atoms with Gasteiger partial charge in [0.1, 0.15) is 5.78 Å². The third-order valence-electron chi connectivity index (χ3n) is 1.72. The number of hydrogen-bond donors (Lipinski definition) is 1. The first-order valence-corrected chi connectivity index (χ1v) is 4.26. The molecule has 0 radical (unpaired) electrons. The molecule has 1 N–H and O–H groups in total. The van der Waals surface area contributed by atoms with E-state index in [4.69, 9.17) is 5.41 Å². The Kier molecular flexibility index (Phi) is 4.77. The van der Waals surface area contributed by atoms with Gasteiger partial charge in [-0.3, -0.25) is 15.0 Å². The summed E-state index contributed by atoms with van der Waals surface area (Å²) in [6, 6.07) is 0. The molecule has 0 amide bonds. The van der Waals surface area contributed by atoms with E-state index in [1.54, 1.807) is 6.92 Å². The second kappa shape index (κ2) is 5.32. The SMILES string of the molecule is C=C(C)C(CC(=O)OC(C)=N)C(C)=O. The van der Waals surface area contributed by atoms with Gasteiger partial charge in [-0.25, -0.2) is 0 Å². The quantitative estimate of drug-likeness (QED) is 0.323. The number of Topliss-reactive ketones (excluding diaryl/α,β-unsaturated/α-hetero) is 1. The van der Waals surface area contributed by atoms with Crippen LogP contribution in [-0.4, -0.2) is 17.7 Å². The average Bonchev–Trinajstić information content (AvgIpc) is 1.97. The fourth-order valence-corrected chi connectivity index (χ4v) is 1.04. The molecule has 0 aromatic heterocycles. The molecule has 4 heteroatoms. The zero-order valence-electron chi connectivity index (χ0n) is 8.72. The second-order valence-electron chi connectivity index (χ2n) is 3.24. The van der Waals surface area contributed by atoms with E-state index in [1.165, 1.54) is 13.8 Å². The van der Waals surface area contributed by atoms with Crippen LogP contribution in [0.1, 0.15) is 27.2 Å². The monoisotopic (exact) mass is 197 g/mol. The van der Waals surface area contributed by atoms with E-state index in [1.807, 2.05) is 0 Å². The molecule has 1 unspecified atom stereocenters. The number of carbonyl (C=O) groups is 2. The highest BCUT2D eigenvalue weighted by atomic mass is 16.5. The van der Waals surface area contributed by atoms with Crippen molar-refractivity contribution in [1.29, 1.82) is 5.41 Å². The van der Waals surface area contributed by atoms with Crippen molar-refractivity contribution in [2.45, 2.75) is 27.2 Å². The Labute approximate surface area is 83.5 Å². The van der Waals surface area contributed by atoms with Crippen LogP contribution in [0.2, 0.25) is 0 Å². The van der Waals surface area contributed by atoms with Crippen LogP contribution in [0.4, 0.5) is 0 Å². The molecular weight excluding hydrogens is 182 g/mol. The van der Waals surface area contributed by atoms with Crippen molar-refractivity contribution in [3.63, 3.8) is 0 Å². The molecule has 0 fully saturated rings. The number of hydrogen-bond acceptors (Lipinski definition) is 4. The minimum Gasteiger partial charge on any atom is -0.412 e. The van der Waals surface area contributed by atoms with Crippen LogP contribution < -0.4 is 0 Å². The Bertz CT molecular complexity index is 267. The Morgan fingerprint density at radius 1 is 1.36 bits per heavy atom. The molecule has 4 nitrogen and oxygen atoms in total. The van der Waals surface area contributed by atoms with Gasteiger partial charge >= 0.3 is 5.97 Å². The maximum Gasteiger partial charge on any atom is 0.313 e. The lowest BCUT2D eigenvalue weighted by atomic mass is 9.94. The summed E-state index contributed by atoms with van der Waals surface area (Å²) in [7, 11) is 0. The fraction of sp³-hybridized carbons (Fsp3) is 0.500. The van der Waals surface area contributed by atoms with Crippen molar-refractivity contribution in [3.8, 4) is 0 Å². The first-order chi connectivity index (χ1) is 6.34. The maximum absolute atomic E-state index is 11.1. The third-order valence-corrected chi connectivity index (χ3v) is 1.72. The van der Waals surface area contributed by atoms with Crippen molar-refractivity contribution in [2.75, 3.05) is 0 Å². The molecule has 1 atom stereocenters. The zero-order valence-corrected chi connectivity index (χ0v) is 8.72. The Hall–Kier alpha value is -1.45. The van der Waals surface area contributed by atoms with E-state index < -0.39 is 11.9 Å². The molecule has 0 aliphatic carbocycles. The molecule has 0 saturated heterocycles. The molecule has 0 rings (SSSR count). The minimum atomic E-state index is -0.569. The number of ketones is 1. The van der Waals surface area contributed by atoms with Crippen LogP contribution in [0.5, 0.6) is 0 Å². The summed E-state index contributed by atoms with van der Waals surface area (Å²) in [5.74, 6) is -1.35. The summed E-state index contributed by atoms with van der Waals surface area (Å²) in [6.07, 6.45) is -0.0408. The number of rotatable bonds is 4. The lowest BCUT2D eigenvalue weighted by molar-refractivity contribution is -0.138. The van der Waals surface area contributed by atoms with E-state index in [0.717, 1.165) is 0 Å². The predicted molar refractivity (Wildman–Crippen MR) is 53.1 cm³/mol. The Morgan fingerprint density at radius 3 is 2.14 bits per heavy atom. The maximum atomic E-state index is 11.1. The van der Waals surface area contributed by atoms with Crippen molar-refractivity contribution in [1.82, 2.24) is 0 Å². The van der Waals surface area contributed by atoms with Crippen LogP contribution in [0, 0.1) is 11.3 Å². The molecule has 0 spiro atoms. The largest absolute Gasteiger partial charge is 0.412 e. The van der Waals surface area contributed by atoms with Gasteiger partial charge in [0.05, 0.1) is 6.42 Å². The summed E-state index contributed by atoms with van der Waals surface area (Å²) in [4.78, 5) is 22.2. The fourth-order valence-electron chi connectivity index (χ4n) is 1.04. The highest BCUT2D eigenvalue weighted by Gasteiger charge is 2.20. The summed E-state index contributed by atoms with van der Waals surface area (Å²) >= 11 is 0. The van der Waals surface area contributed by atoms with Gasteiger partial charge in [0, 0.05) is 12.8 Å².